The molecule has 0 atom stereocenters. The van der Waals surface area contributed by atoms with Gasteiger partial charge in [-0.1, -0.05) is 27.7 Å². The second-order valence-electron chi connectivity index (χ2n) is 6.17. The second kappa shape index (κ2) is 8.37. The fourth-order valence-electron chi connectivity index (χ4n) is 2.56. The lowest BCUT2D eigenvalue weighted by Gasteiger charge is -2.33. The summed E-state index contributed by atoms with van der Waals surface area (Å²) < 4.78 is 5.60. The van der Waals surface area contributed by atoms with Crippen molar-refractivity contribution in [3.63, 3.8) is 0 Å². The lowest BCUT2D eigenvalue weighted by molar-refractivity contribution is -0.139. The van der Waals surface area contributed by atoms with Gasteiger partial charge in [0.1, 0.15) is 5.54 Å². The van der Waals surface area contributed by atoms with Gasteiger partial charge in [0.15, 0.2) is 0 Å². The van der Waals surface area contributed by atoms with Crippen LogP contribution in [0.5, 0.6) is 0 Å². The summed E-state index contributed by atoms with van der Waals surface area (Å²) >= 11 is 0. The fourth-order valence-corrected chi connectivity index (χ4v) is 2.56. The van der Waals surface area contributed by atoms with E-state index in [2.05, 4.69) is 19.2 Å². The fraction of sp³-hybridized carbons (Fsp3) is 0.875. The second-order valence-corrected chi connectivity index (χ2v) is 6.17. The summed E-state index contributed by atoms with van der Waals surface area (Å²) in [5.41, 5.74) is -0.731. The largest absolute Gasteiger partial charge is 0.380 e. The van der Waals surface area contributed by atoms with Crippen molar-refractivity contribution in [3.05, 3.63) is 0 Å². The van der Waals surface area contributed by atoms with Gasteiger partial charge in [-0.25, -0.2) is 0 Å². The highest BCUT2D eigenvalue weighted by atomic mass is 16.5. The molecule has 2 amide bonds. The van der Waals surface area contributed by atoms with Crippen molar-refractivity contribution in [2.75, 3.05) is 26.3 Å². The Morgan fingerprint density at radius 3 is 2.48 bits per heavy atom. The van der Waals surface area contributed by atoms with Gasteiger partial charge in [-0.15, -0.1) is 0 Å². The van der Waals surface area contributed by atoms with Crippen molar-refractivity contribution < 1.29 is 14.3 Å². The van der Waals surface area contributed by atoms with Crippen molar-refractivity contribution in [3.8, 4) is 0 Å². The van der Waals surface area contributed by atoms with E-state index in [0.29, 0.717) is 44.9 Å². The molecule has 0 aromatic heterocycles. The zero-order valence-electron chi connectivity index (χ0n) is 13.9. The molecule has 1 rings (SSSR count). The third-order valence-electron chi connectivity index (χ3n) is 4.24. The molecule has 1 saturated heterocycles. The molecule has 1 heterocycles. The molecule has 5 heteroatoms. The highest BCUT2D eigenvalue weighted by molar-refractivity contribution is 5.93. The van der Waals surface area contributed by atoms with Crippen molar-refractivity contribution in [1.82, 2.24) is 10.2 Å². The number of hydrogen-bond acceptors (Lipinski definition) is 3. The molecule has 0 unspecified atom stereocenters. The first-order valence-corrected chi connectivity index (χ1v) is 8.13. The first kappa shape index (κ1) is 18.0. The third-order valence-corrected chi connectivity index (χ3v) is 4.24. The minimum atomic E-state index is -0.731. The van der Waals surface area contributed by atoms with Crippen LogP contribution in [0.2, 0.25) is 0 Å². The summed E-state index contributed by atoms with van der Waals surface area (Å²) in [6.45, 7) is 10.5. The van der Waals surface area contributed by atoms with Gasteiger partial charge in [0.25, 0.3) is 0 Å². The first-order valence-electron chi connectivity index (χ1n) is 8.13. The molecule has 5 nitrogen and oxygen atoms in total. The maximum Gasteiger partial charge on any atom is 0.248 e. The Labute approximate surface area is 128 Å². The Morgan fingerprint density at radius 2 is 1.90 bits per heavy atom. The number of rotatable bonds is 8. The quantitative estimate of drug-likeness (QED) is 0.697. The van der Waals surface area contributed by atoms with Crippen LogP contribution in [0, 0.1) is 5.92 Å². The van der Waals surface area contributed by atoms with E-state index in [1.165, 1.54) is 0 Å². The number of nitrogens with zero attached hydrogens (tertiary/aromatic N) is 1. The summed E-state index contributed by atoms with van der Waals surface area (Å²) in [6, 6.07) is 0. The van der Waals surface area contributed by atoms with E-state index in [-0.39, 0.29) is 11.8 Å². The van der Waals surface area contributed by atoms with Crippen LogP contribution in [-0.2, 0) is 14.3 Å². The van der Waals surface area contributed by atoms with Crippen molar-refractivity contribution in [1.29, 1.82) is 0 Å². The van der Waals surface area contributed by atoms with Gasteiger partial charge < -0.3 is 15.0 Å². The third kappa shape index (κ3) is 4.99. The maximum atomic E-state index is 12.7. The van der Waals surface area contributed by atoms with Crippen LogP contribution >= 0.6 is 0 Å². The summed E-state index contributed by atoms with van der Waals surface area (Å²) in [5.74, 6) is 0.626. The molecule has 1 N–H and O–H groups in total. The van der Waals surface area contributed by atoms with Gasteiger partial charge in [0, 0.05) is 26.1 Å². The van der Waals surface area contributed by atoms with Gasteiger partial charge in [-0.3, -0.25) is 9.59 Å². The topological polar surface area (TPSA) is 58.6 Å². The molecular weight excluding hydrogens is 268 g/mol. The normalized spacial score (nSPS) is 18.8. The van der Waals surface area contributed by atoms with Gasteiger partial charge in [-0.2, -0.15) is 0 Å². The van der Waals surface area contributed by atoms with E-state index in [0.717, 1.165) is 13.0 Å². The summed E-state index contributed by atoms with van der Waals surface area (Å²) in [5, 5.41) is 2.92. The molecule has 1 aliphatic heterocycles. The Bertz CT molecular complexity index is 351. The molecule has 1 aliphatic rings. The number of carbonyl (C=O) groups is 2. The SMILES string of the molecule is CCC1(CC)NC(=O)CCN(CCOCCC(C)C)C1=O. The number of carbonyl (C=O) groups excluding carboxylic acids is 2. The molecule has 0 saturated carbocycles. The van der Waals surface area contributed by atoms with Crippen LogP contribution in [0.25, 0.3) is 0 Å². The molecule has 0 bridgehead atoms. The van der Waals surface area contributed by atoms with Crippen molar-refractivity contribution in [2.24, 2.45) is 5.92 Å². The number of nitrogens with one attached hydrogen (secondary N) is 1. The molecule has 1 fully saturated rings. The van der Waals surface area contributed by atoms with E-state index >= 15 is 0 Å². The number of ether oxygens (including phenoxy) is 1. The molecule has 0 aliphatic carbocycles. The van der Waals surface area contributed by atoms with Crippen LogP contribution < -0.4 is 5.32 Å². The van der Waals surface area contributed by atoms with Crippen LogP contribution in [-0.4, -0.2) is 48.6 Å². The van der Waals surface area contributed by atoms with Gasteiger partial charge >= 0.3 is 0 Å². The Morgan fingerprint density at radius 1 is 1.24 bits per heavy atom. The van der Waals surface area contributed by atoms with Crippen LogP contribution in [0.3, 0.4) is 0 Å². The van der Waals surface area contributed by atoms with Crippen molar-refractivity contribution in [2.45, 2.75) is 58.9 Å². The van der Waals surface area contributed by atoms with Gasteiger partial charge in [-0.05, 0) is 25.2 Å². The van der Waals surface area contributed by atoms with Crippen LogP contribution in [0.15, 0.2) is 0 Å². The summed E-state index contributed by atoms with van der Waals surface area (Å²) in [6.07, 6.45) is 2.65. The molecule has 0 spiro atoms. The zero-order chi connectivity index (χ0) is 15.9. The Kier molecular flexibility index (Phi) is 7.15. The molecule has 0 aromatic carbocycles. The highest BCUT2D eigenvalue weighted by Gasteiger charge is 2.41. The summed E-state index contributed by atoms with van der Waals surface area (Å²) in [7, 11) is 0. The van der Waals surface area contributed by atoms with E-state index in [4.69, 9.17) is 4.74 Å². The van der Waals surface area contributed by atoms with Gasteiger partial charge in [0.05, 0.1) is 6.61 Å². The monoisotopic (exact) mass is 298 g/mol. The standard InChI is InChI=1S/C16H30N2O3/c1-5-16(6-2)15(20)18(9-7-14(19)17-16)10-12-21-11-8-13(3)4/h13H,5-12H2,1-4H3,(H,17,19). The predicted octanol–water partition coefficient (Wildman–Crippen LogP) is 1.96. The average molecular weight is 298 g/mol. The molecule has 0 radical (unpaired) electrons. The lowest BCUT2D eigenvalue weighted by Crippen LogP contribution is -2.56. The van der Waals surface area contributed by atoms with E-state index < -0.39 is 5.54 Å². The van der Waals surface area contributed by atoms with E-state index in [9.17, 15) is 9.59 Å². The van der Waals surface area contributed by atoms with Crippen molar-refractivity contribution >= 4 is 11.8 Å². The molecule has 0 aromatic rings. The minimum Gasteiger partial charge on any atom is -0.380 e. The average Bonchev–Trinajstić information content (AvgIpc) is 2.57. The summed E-state index contributed by atoms with van der Waals surface area (Å²) in [4.78, 5) is 26.3. The number of amides is 2. The molecule has 21 heavy (non-hydrogen) atoms. The Balaban J connectivity index is 2.56. The predicted molar refractivity (Wildman–Crippen MR) is 82.9 cm³/mol. The number of hydrogen-bond donors (Lipinski definition) is 1. The van der Waals surface area contributed by atoms with E-state index in [1.54, 1.807) is 4.90 Å². The highest BCUT2D eigenvalue weighted by Crippen LogP contribution is 2.21. The lowest BCUT2D eigenvalue weighted by atomic mass is 9.91. The van der Waals surface area contributed by atoms with Gasteiger partial charge in [0.2, 0.25) is 11.8 Å². The molecular formula is C16H30N2O3. The molecule has 122 valence electrons. The Hall–Kier alpha value is -1.10. The maximum absolute atomic E-state index is 12.7. The van der Waals surface area contributed by atoms with E-state index in [1.807, 2.05) is 13.8 Å². The first-order chi connectivity index (χ1) is 9.95. The smallest absolute Gasteiger partial charge is 0.248 e. The minimum absolute atomic E-state index is 0.0322. The van der Waals surface area contributed by atoms with Crippen LogP contribution in [0.4, 0.5) is 0 Å². The zero-order valence-corrected chi connectivity index (χ0v) is 13.9. The van der Waals surface area contributed by atoms with Crippen LogP contribution in [0.1, 0.15) is 53.4 Å².